The molecule has 258 valence electrons. The Hall–Kier alpha value is -7.64. The van der Waals surface area contributed by atoms with Crippen molar-refractivity contribution in [3.8, 4) is 34.0 Å². The Labute approximate surface area is 314 Å². The van der Waals surface area contributed by atoms with Crippen molar-refractivity contribution in [1.82, 2.24) is 19.9 Å². The van der Waals surface area contributed by atoms with E-state index in [0.717, 1.165) is 33.6 Å². The highest BCUT2D eigenvalue weighted by Gasteiger charge is 2.17. The molecule has 4 aromatic heterocycles. The molecule has 0 aliphatic carbocycles. The van der Waals surface area contributed by atoms with Gasteiger partial charge in [-0.2, -0.15) is 9.97 Å². The van der Waals surface area contributed by atoms with Crippen molar-refractivity contribution in [1.29, 1.82) is 0 Å². The summed E-state index contributed by atoms with van der Waals surface area (Å²) in [6, 6.07) is 57.0. The van der Waals surface area contributed by atoms with E-state index in [4.69, 9.17) is 8.83 Å². The van der Waals surface area contributed by atoms with Crippen LogP contribution in [0.4, 0.5) is 17.1 Å². The fraction of sp³-hybridized carbons (Fsp3) is 0. The molecular weight excluding hydrogens is 679 g/mol. The smallest absolute Gasteiger partial charge is 0.228 e. The minimum absolute atomic E-state index is 0.533. The molecule has 0 atom stereocenters. The summed E-state index contributed by atoms with van der Waals surface area (Å²) in [4.78, 5) is 20.1. The number of oxazole rings is 2. The van der Waals surface area contributed by atoms with Crippen LogP contribution in [-0.4, -0.2) is 19.9 Å². The number of aromatic nitrogens is 4. The highest BCUT2D eigenvalue weighted by molar-refractivity contribution is 6.09. The van der Waals surface area contributed by atoms with E-state index in [9.17, 15) is 0 Å². The molecular formula is C48H29N5O2. The number of pyridine rings is 2. The van der Waals surface area contributed by atoms with Gasteiger partial charge in [-0.25, -0.2) is 9.97 Å². The lowest BCUT2D eigenvalue weighted by atomic mass is 9.96. The number of fused-ring (bicyclic) bond motifs is 6. The van der Waals surface area contributed by atoms with Crippen LogP contribution in [0.5, 0.6) is 0 Å². The van der Waals surface area contributed by atoms with Crippen LogP contribution < -0.4 is 4.90 Å². The number of nitrogens with zero attached hydrogens (tertiary/aromatic N) is 5. The second-order valence-electron chi connectivity index (χ2n) is 13.6. The molecule has 0 saturated heterocycles. The SMILES string of the molecule is c1ccc2cc(-c3ccc4c(ccc5cc(N(c6ccc(-c7nc8ncccc8o7)cc6)c6ccc(-c7nc8ncccc8o7)cc6)ccc54)c3)ccc2c1. The van der Waals surface area contributed by atoms with Crippen LogP contribution in [-0.2, 0) is 0 Å². The molecule has 4 heterocycles. The molecule has 0 N–H and O–H groups in total. The zero-order valence-electron chi connectivity index (χ0n) is 29.3. The molecule has 11 rings (SSSR count). The Morgan fingerprint density at radius 3 is 1.44 bits per heavy atom. The maximum atomic E-state index is 6.03. The average molecular weight is 708 g/mol. The molecule has 0 fully saturated rings. The van der Waals surface area contributed by atoms with E-state index in [-0.39, 0.29) is 0 Å². The number of anilines is 3. The third kappa shape index (κ3) is 5.45. The van der Waals surface area contributed by atoms with Gasteiger partial charge < -0.3 is 13.7 Å². The van der Waals surface area contributed by atoms with Crippen molar-refractivity contribution in [2.24, 2.45) is 0 Å². The van der Waals surface area contributed by atoms with E-state index in [1.165, 1.54) is 38.1 Å². The van der Waals surface area contributed by atoms with Gasteiger partial charge in [0.1, 0.15) is 0 Å². The third-order valence-electron chi connectivity index (χ3n) is 10.2. The molecule has 0 amide bonds. The van der Waals surface area contributed by atoms with Crippen molar-refractivity contribution in [3.63, 3.8) is 0 Å². The zero-order valence-corrected chi connectivity index (χ0v) is 29.3. The summed E-state index contributed by atoms with van der Waals surface area (Å²) in [5, 5.41) is 7.27. The summed E-state index contributed by atoms with van der Waals surface area (Å²) >= 11 is 0. The van der Waals surface area contributed by atoms with Gasteiger partial charge in [-0.1, -0.05) is 66.7 Å². The monoisotopic (exact) mass is 707 g/mol. The van der Waals surface area contributed by atoms with Crippen molar-refractivity contribution < 1.29 is 8.83 Å². The topological polar surface area (TPSA) is 81.1 Å². The molecule has 0 saturated carbocycles. The van der Waals surface area contributed by atoms with E-state index >= 15 is 0 Å². The number of rotatable bonds is 6. The van der Waals surface area contributed by atoms with Crippen molar-refractivity contribution in [2.75, 3.05) is 4.90 Å². The third-order valence-corrected chi connectivity index (χ3v) is 10.2. The van der Waals surface area contributed by atoms with Crippen molar-refractivity contribution >= 4 is 71.8 Å². The molecule has 0 radical (unpaired) electrons. The van der Waals surface area contributed by atoms with Crippen LogP contribution in [0.15, 0.2) is 185 Å². The first-order valence-electron chi connectivity index (χ1n) is 18.1. The quantitative estimate of drug-likeness (QED) is 0.159. The largest absolute Gasteiger partial charge is 0.434 e. The highest BCUT2D eigenvalue weighted by atomic mass is 16.4. The van der Waals surface area contributed by atoms with Gasteiger partial charge in [0.25, 0.3) is 0 Å². The molecule has 7 aromatic carbocycles. The van der Waals surface area contributed by atoms with E-state index in [2.05, 4.69) is 140 Å². The second kappa shape index (κ2) is 12.5. The first kappa shape index (κ1) is 30.9. The lowest BCUT2D eigenvalue weighted by Gasteiger charge is -2.26. The van der Waals surface area contributed by atoms with Gasteiger partial charge in [-0.05, 0) is 141 Å². The average Bonchev–Trinajstić information content (AvgIpc) is 3.89. The lowest BCUT2D eigenvalue weighted by molar-refractivity contribution is 0.619. The number of hydrogen-bond acceptors (Lipinski definition) is 7. The Morgan fingerprint density at radius 1 is 0.364 bits per heavy atom. The fourth-order valence-corrected chi connectivity index (χ4v) is 7.48. The second-order valence-corrected chi connectivity index (χ2v) is 13.6. The van der Waals surface area contributed by atoms with Crippen LogP contribution in [0.3, 0.4) is 0 Å². The first-order valence-corrected chi connectivity index (χ1v) is 18.1. The van der Waals surface area contributed by atoms with Crippen molar-refractivity contribution in [2.45, 2.75) is 0 Å². The Bertz CT molecular complexity index is 3040. The summed E-state index contributed by atoms with van der Waals surface area (Å²) < 4.78 is 12.1. The van der Waals surface area contributed by atoms with Crippen LogP contribution >= 0.6 is 0 Å². The summed E-state index contributed by atoms with van der Waals surface area (Å²) in [5.74, 6) is 1.07. The predicted octanol–water partition coefficient (Wildman–Crippen LogP) is 12.7. The molecule has 0 aliphatic rings. The zero-order chi connectivity index (χ0) is 36.3. The summed E-state index contributed by atoms with van der Waals surface area (Å²) in [5.41, 5.74) is 9.65. The van der Waals surface area contributed by atoms with Crippen LogP contribution in [0.25, 0.3) is 88.8 Å². The molecule has 0 spiro atoms. The van der Waals surface area contributed by atoms with Gasteiger partial charge in [-0.3, -0.25) is 0 Å². The Balaban J connectivity index is 0.984. The van der Waals surface area contributed by atoms with E-state index in [1.807, 2.05) is 48.5 Å². The fourth-order valence-electron chi connectivity index (χ4n) is 7.48. The van der Waals surface area contributed by atoms with Crippen LogP contribution in [0.2, 0.25) is 0 Å². The minimum atomic E-state index is 0.533. The molecule has 7 nitrogen and oxygen atoms in total. The summed E-state index contributed by atoms with van der Waals surface area (Å²) in [6.45, 7) is 0. The summed E-state index contributed by atoms with van der Waals surface area (Å²) in [6.07, 6.45) is 3.44. The first-order chi connectivity index (χ1) is 27.2. The van der Waals surface area contributed by atoms with Gasteiger partial charge in [0.15, 0.2) is 22.5 Å². The molecule has 0 bridgehead atoms. The molecule has 11 aromatic rings. The number of benzene rings is 7. The molecule has 0 aliphatic heterocycles. The number of hydrogen-bond donors (Lipinski definition) is 0. The van der Waals surface area contributed by atoms with E-state index in [1.54, 1.807) is 12.4 Å². The maximum absolute atomic E-state index is 6.03. The van der Waals surface area contributed by atoms with Crippen LogP contribution in [0, 0.1) is 0 Å². The molecule has 55 heavy (non-hydrogen) atoms. The Morgan fingerprint density at radius 2 is 0.836 bits per heavy atom. The van der Waals surface area contributed by atoms with Gasteiger partial charge in [0.2, 0.25) is 11.8 Å². The maximum Gasteiger partial charge on any atom is 0.228 e. The van der Waals surface area contributed by atoms with Crippen molar-refractivity contribution in [3.05, 3.63) is 176 Å². The predicted molar refractivity (Wildman–Crippen MR) is 221 cm³/mol. The van der Waals surface area contributed by atoms with Gasteiger partial charge in [0, 0.05) is 40.6 Å². The van der Waals surface area contributed by atoms with Crippen LogP contribution in [0.1, 0.15) is 0 Å². The van der Waals surface area contributed by atoms with E-state index < -0.39 is 0 Å². The van der Waals surface area contributed by atoms with Gasteiger partial charge in [0.05, 0.1) is 0 Å². The molecule has 7 heteroatoms. The Kier molecular flexibility index (Phi) is 7.03. The highest BCUT2D eigenvalue weighted by Crippen LogP contribution is 2.40. The molecule has 0 unspecified atom stereocenters. The standard InChI is InChI=1S/C48H29N5O2/c1-2-6-33-27-34(10-9-30(33)5-1)35-17-23-41-36(28-35)11-12-37-29-40(22-24-42(37)41)53(38-18-13-31(14-19-38)47-51-45-43(54-47)7-3-25-49-45)39-20-15-32(16-21-39)48-52-46-44(55-48)8-4-26-50-46/h1-29H. The summed E-state index contributed by atoms with van der Waals surface area (Å²) in [7, 11) is 0. The normalized spacial score (nSPS) is 11.6. The van der Waals surface area contributed by atoms with E-state index in [0.29, 0.717) is 34.2 Å². The van der Waals surface area contributed by atoms with Gasteiger partial charge >= 0.3 is 0 Å². The lowest BCUT2D eigenvalue weighted by Crippen LogP contribution is -2.09. The van der Waals surface area contributed by atoms with Gasteiger partial charge in [-0.15, -0.1) is 0 Å². The minimum Gasteiger partial charge on any atom is -0.434 e.